The van der Waals surface area contributed by atoms with E-state index in [9.17, 15) is 0 Å². The Balaban J connectivity index is 1.79. The quantitative estimate of drug-likeness (QED) is 0.869. The molecule has 3 rings (SSSR count). The van der Waals surface area contributed by atoms with Crippen LogP contribution in [0.25, 0.3) is 5.65 Å². The summed E-state index contributed by atoms with van der Waals surface area (Å²) in [5, 5.41) is 3.41. The molecule has 0 amide bonds. The van der Waals surface area contributed by atoms with E-state index in [1.165, 1.54) is 19.3 Å². The molecule has 1 aliphatic rings. The standard InChI is InChI=1S/C13H19N5/c1-9-3-2-4-10(9)7-16-12-13-15-5-6-18(13)8-11(14)17-12/h5-6,8-10H,2-4,7,14H2,1H3,(H,16,17). The normalized spacial score (nSPS) is 23.6. The third-order valence-electron chi connectivity index (χ3n) is 3.96. The highest BCUT2D eigenvalue weighted by Gasteiger charge is 2.23. The van der Waals surface area contributed by atoms with Gasteiger partial charge in [-0.2, -0.15) is 0 Å². The highest BCUT2D eigenvalue weighted by atomic mass is 15.1. The van der Waals surface area contributed by atoms with Crippen molar-refractivity contribution >= 4 is 17.3 Å². The fourth-order valence-electron chi connectivity index (χ4n) is 2.82. The Morgan fingerprint density at radius 3 is 3.17 bits per heavy atom. The van der Waals surface area contributed by atoms with Gasteiger partial charge in [0, 0.05) is 18.9 Å². The van der Waals surface area contributed by atoms with E-state index in [1.807, 2.05) is 10.6 Å². The van der Waals surface area contributed by atoms with Gasteiger partial charge >= 0.3 is 0 Å². The largest absolute Gasteiger partial charge is 0.382 e. The highest BCUT2D eigenvalue weighted by molar-refractivity contribution is 5.64. The molecule has 18 heavy (non-hydrogen) atoms. The SMILES string of the molecule is CC1CCCC1CNc1nc(N)cn2ccnc12. The Morgan fingerprint density at radius 1 is 1.50 bits per heavy atom. The number of fused-ring (bicyclic) bond motifs is 1. The van der Waals surface area contributed by atoms with E-state index >= 15 is 0 Å². The van der Waals surface area contributed by atoms with Gasteiger partial charge in [-0.15, -0.1) is 0 Å². The van der Waals surface area contributed by atoms with Gasteiger partial charge in [0.1, 0.15) is 5.82 Å². The average Bonchev–Trinajstić information content (AvgIpc) is 2.94. The van der Waals surface area contributed by atoms with E-state index in [4.69, 9.17) is 5.73 Å². The van der Waals surface area contributed by atoms with Gasteiger partial charge in [-0.25, -0.2) is 9.97 Å². The summed E-state index contributed by atoms with van der Waals surface area (Å²) >= 11 is 0. The van der Waals surface area contributed by atoms with Gasteiger partial charge in [-0.05, 0) is 18.3 Å². The minimum Gasteiger partial charge on any atom is -0.382 e. The van der Waals surface area contributed by atoms with Crippen LogP contribution >= 0.6 is 0 Å². The lowest BCUT2D eigenvalue weighted by molar-refractivity contribution is 0.439. The van der Waals surface area contributed by atoms with Crippen molar-refractivity contribution in [3.8, 4) is 0 Å². The van der Waals surface area contributed by atoms with Gasteiger partial charge in [-0.1, -0.05) is 19.8 Å². The molecule has 2 aromatic heterocycles. The number of imidazole rings is 1. The lowest BCUT2D eigenvalue weighted by Crippen LogP contribution is -2.18. The van der Waals surface area contributed by atoms with Crippen molar-refractivity contribution < 1.29 is 0 Å². The van der Waals surface area contributed by atoms with E-state index in [-0.39, 0.29) is 0 Å². The first-order valence-corrected chi connectivity index (χ1v) is 6.57. The van der Waals surface area contributed by atoms with Crippen molar-refractivity contribution in [3.05, 3.63) is 18.6 Å². The first-order chi connectivity index (χ1) is 8.74. The molecule has 1 fully saturated rings. The fraction of sp³-hybridized carbons (Fsp3) is 0.538. The zero-order chi connectivity index (χ0) is 12.5. The van der Waals surface area contributed by atoms with Crippen LogP contribution in [0.4, 0.5) is 11.6 Å². The fourth-order valence-corrected chi connectivity index (χ4v) is 2.82. The minimum absolute atomic E-state index is 0.516. The molecule has 3 N–H and O–H groups in total. The van der Waals surface area contributed by atoms with Gasteiger partial charge in [0.25, 0.3) is 0 Å². The monoisotopic (exact) mass is 245 g/mol. The number of nitrogens with one attached hydrogen (secondary N) is 1. The number of rotatable bonds is 3. The minimum atomic E-state index is 0.516. The summed E-state index contributed by atoms with van der Waals surface area (Å²) < 4.78 is 1.91. The Kier molecular flexibility index (Phi) is 2.81. The number of hydrogen-bond acceptors (Lipinski definition) is 4. The Bertz CT molecular complexity index is 547. The summed E-state index contributed by atoms with van der Waals surface area (Å²) in [4.78, 5) is 8.65. The molecule has 2 aromatic rings. The van der Waals surface area contributed by atoms with E-state index in [0.717, 1.165) is 29.8 Å². The maximum absolute atomic E-state index is 5.80. The van der Waals surface area contributed by atoms with Crippen molar-refractivity contribution in [1.29, 1.82) is 0 Å². The topological polar surface area (TPSA) is 68.2 Å². The molecule has 5 heteroatoms. The molecule has 0 radical (unpaired) electrons. The molecule has 2 heterocycles. The Morgan fingerprint density at radius 2 is 2.39 bits per heavy atom. The summed E-state index contributed by atoms with van der Waals surface area (Å²) in [5.41, 5.74) is 6.64. The van der Waals surface area contributed by atoms with E-state index in [0.29, 0.717) is 5.82 Å². The Hall–Kier alpha value is -1.78. The molecule has 2 unspecified atom stereocenters. The van der Waals surface area contributed by atoms with Crippen LogP contribution in [-0.2, 0) is 0 Å². The van der Waals surface area contributed by atoms with E-state index in [1.54, 1.807) is 12.4 Å². The third kappa shape index (κ3) is 2.00. The van der Waals surface area contributed by atoms with Crippen LogP contribution in [0.2, 0.25) is 0 Å². The zero-order valence-electron chi connectivity index (χ0n) is 10.6. The van der Waals surface area contributed by atoms with Gasteiger partial charge in [0.15, 0.2) is 11.5 Å². The highest BCUT2D eigenvalue weighted by Crippen LogP contribution is 2.31. The predicted molar refractivity (Wildman–Crippen MR) is 72.4 cm³/mol. The molecule has 2 atom stereocenters. The second-order valence-electron chi connectivity index (χ2n) is 5.22. The van der Waals surface area contributed by atoms with Crippen LogP contribution < -0.4 is 11.1 Å². The smallest absolute Gasteiger partial charge is 0.180 e. The van der Waals surface area contributed by atoms with Crippen molar-refractivity contribution in [2.45, 2.75) is 26.2 Å². The van der Waals surface area contributed by atoms with Gasteiger partial charge in [-0.3, -0.25) is 0 Å². The summed E-state index contributed by atoms with van der Waals surface area (Å²) in [6.07, 6.45) is 9.43. The number of nitrogens with zero attached hydrogens (tertiary/aromatic N) is 3. The summed E-state index contributed by atoms with van der Waals surface area (Å²) in [6.45, 7) is 3.29. The predicted octanol–water partition coefficient (Wildman–Crippen LogP) is 2.16. The summed E-state index contributed by atoms with van der Waals surface area (Å²) in [5.74, 6) is 2.85. The molecule has 96 valence electrons. The first-order valence-electron chi connectivity index (χ1n) is 6.57. The number of nitrogen functional groups attached to an aromatic ring is 1. The third-order valence-corrected chi connectivity index (χ3v) is 3.96. The lowest BCUT2D eigenvalue weighted by Gasteiger charge is -2.16. The van der Waals surface area contributed by atoms with Crippen LogP contribution in [0.3, 0.4) is 0 Å². The molecule has 0 aromatic carbocycles. The van der Waals surface area contributed by atoms with Crippen molar-refractivity contribution in [3.63, 3.8) is 0 Å². The van der Waals surface area contributed by atoms with Crippen molar-refractivity contribution in [2.75, 3.05) is 17.6 Å². The first kappa shape index (κ1) is 11.3. The maximum atomic E-state index is 5.80. The van der Waals surface area contributed by atoms with E-state index < -0.39 is 0 Å². The molecular formula is C13H19N5. The van der Waals surface area contributed by atoms with Gasteiger partial charge < -0.3 is 15.5 Å². The molecule has 0 aliphatic heterocycles. The van der Waals surface area contributed by atoms with Gasteiger partial charge in [0.2, 0.25) is 0 Å². The lowest BCUT2D eigenvalue weighted by atomic mass is 9.98. The molecular weight excluding hydrogens is 226 g/mol. The molecule has 0 bridgehead atoms. The second-order valence-corrected chi connectivity index (χ2v) is 5.22. The van der Waals surface area contributed by atoms with Crippen molar-refractivity contribution in [1.82, 2.24) is 14.4 Å². The van der Waals surface area contributed by atoms with Crippen LogP contribution in [0.1, 0.15) is 26.2 Å². The second kappa shape index (κ2) is 4.48. The van der Waals surface area contributed by atoms with Crippen LogP contribution in [0, 0.1) is 11.8 Å². The zero-order valence-corrected chi connectivity index (χ0v) is 10.6. The van der Waals surface area contributed by atoms with Crippen LogP contribution in [-0.4, -0.2) is 20.9 Å². The summed E-state index contributed by atoms with van der Waals surface area (Å²) in [7, 11) is 0. The Labute approximate surface area is 106 Å². The number of nitrogens with two attached hydrogens (primary N) is 1. The molecule has 5 nitrogen and oxygen atoms in total. The van der Waals surface area contributed by atoms with Crippen LogP contribution in [0.5, 0.6) is 0 Å². The molecule has 1 aliphatic carbocycles. The molecule has 0 saturated heterocycles. The molecule has 0 spiro atoms. The summed E-state index contributed by atoms with van der Waals surface area (Å²) in [6, 6.07) is 0. The number of hydrogen-bond donors (Lipinski definition) is 2. The van der Waals surface area contributed by atoms with Gasteiger partial charge in [0.05, 0.1) is 6.20 Å². The van der Waals surface area contributed by atoms with Crippen molar-refractivity contribution in [2.24, 2.45) is 11.8 Å². The number of aromatic nitrogens is 3. The van der Waals surface area contributed by atoms with E-state index in [2.05, 4.69) is 22.2 Å². The maximum Gasteiger partial charge on any atom is 0.180 e. The number of anilines is 2. The average molecular weight is 245 g/mol. The molecule has 1 saturated carbocycles. The van der Waals surface area contributed by atoms with Crippen LogP contribution in [0.15, 0.2) is 18.6 Å².